The van der Waals surface area contributed by atoms with E-state index in [-0.39, 0.29) is 15.6 Å². The van der Waals surface area contributed by atoms with Crippen LogP contribution in [0.4, 0.5) is 5.69 Å². The third-order valence-corrected chi connectivity index (χ3v) is 3.76. The van der Waals surface area contributed by atoms with Gasteiger partial charge in [0, 0.05) is 6.07 Å². The molecule has 0 saturated heterocycles. The number of carboxylic acid groups (broad SMARTS) is 1. The Hall–Kier alpha value is -1.27. The maximum absolute atomic E-state index is 11.0. The summed E-state index contributed by atoms with van der Waals surface area (Å²) in [7, 11) is 0. The molecular formula is C10H10ClNO4S. The van der Waals surface area contributed by atoms with E-state index in [1.165, 1.54) is 32.0 Å². The molecule has 7 heteroatoms. The van der Waals surface area contributed by atoms with E-state index in [1.807, 2.05) is 0 Å². The molecule has 1 N–H and O–H groups in total. The fraction of sp³-hybridized carbons (Fsp3) is 0.300. The van der Waals surface area contributed by atoms with Gasteiger partial charge in [-0.2, -0.15) is 0 Å². The SMILES string of the molecule is CC(C)(Sc1c(Cl)cccc1[N+](=O)[O-])C(=O)O. The lowest BCUT2D eigenvalue weighted by Gasteiger charge is -2.18. The van der Waals surface area contributed by atoms with Crippen LogP contribution in [0.25, 0.3) is 0 Å². The average Bonchev–Trinajstić information content (AvgIpc) is 2.20. The fourth-order valence-electron chi connectivity index (χ4n) is 1.04. The first kappa shape index (κ1) is 13.8. The second-order valence-corrected chi connectivity index (χ2v) is 5.80. The number of nitrogens with zero attached hydrogens (tertiary/aromatic N) is 1. The Labute approximate surface area is 107 Å². The molecule has 1 aromatic rings. The molecular weight excluding hydrogens is 266 g/mol. The summed E-state index contributed by atoms with van der Waals surface area (Å²) in [5, 5.41) is 20.0. The van der Waals surface area contributed by atoms with E-state index in [0.717, 1.165) is 11.8 Å². The highest BCUT2D eigenvalue weighted by Gasteiger charge is 2.32. The number of carboxylic acids is 1. The standard InChI is InChI=1S/C10H10ClNO4S/c1-10(2,9(13)14)17-8-6(11)4-3-5-7(8)12(15)16/h3-5H,1-2H3,(H,13,14). The normalized spacial score (nSPS) is 11.2. The molecule has 0 saturated carbocycles. The lowest BCUT2D eigenvalue weighted by molar-refractivity contribution is -0.387. The van der Waals surface area contributed by atoms with E-state index < -0.39 is 15.6 Å². The molecule has 0 amide bonds. The van der Waals surface area contributed by atoms with Crippen molar-refractivity contribution in [3.63, 3.8) is 0 Å². The van der Waals surface area contributed by atoms with Crippen LogP contribution in [-0.2, 0) is 4.79 Å². The molecule has 0 fully saturated rings. The lowest BCUT2D eigenvalue weighted by Crippen LogP contribution is -2.27. The molecule has 92 valence electrons. The molecule has 5 nitrogen and oxygen atoms in total. The number of hydrogen-bond donors (Lipinski definition) is 1. The van der Waals surface area contributed by atoms with Crippen LogP contribution in [-0.4, -0.2) is 20.7 Å². The molecule has 1 rings (SSSR count). The Balaban J connectivity index is 3.22. The summed E-state index contributed by atoms with van der Waals surface area (Å²) < 4.78 is -1.18. The number of nitro groups is 1. The molecule has 0 bridgehead atoms. The Morgan fingerprint density at radius 2 is 2.12 bits per heavy atom. The predicted molar refractivity (Wildman–Crippen MR) is 65.7 cm³/mol. The lowest BCUT2D eigenvalue weighted by atomic mass is 10.2. The monoisotopic (exact) mass is 275 g/mol. The molecule has 0 unspecified atom stereocenters. The maximum atomic E-state index is 11.0. The summed E-state index contributed by atoms with van der Waals surface area (Å²) in [6.07, 6.45) is 0. The van der Waals surface area contributed by atoms with Crippen molar-refractivity contribution in [1.82, 2.24) is 0 Å². The second-order valence-electron chi connectivity index (χ2n) is 3.76. The number of aliphatic carboxylic acids is 1. The zero-order chi connectivity index (χ0) is 13.2. The van der Waals surface area contributed by atoms with Crippen LogP contribution in [0.5, 0.6) is 0 Å². The van der Waals surface area contributed by atoms with Gasteiger partial charge >= 0.3 is 5.97 Å². The van der Waals surface area contributed by atoms with Gasteiger partial charge in [0.2, 0.25) is 0 Å². The molecule has 1 aromatic carbocycles. The van der Waals surface area contributed by atoms with E-state index in [1.54, 1.807) is 0 Å². The number of rotatable bonds is 4. The quantitative estimate of drug-likeness (QED) is 0.518. The van der Waals surface area contributed by atoms with Crippen LogP contribution in [0.2, 0.25) is 5.02 Å². The van der Waals surface area contributed by atoms with Gasteiger partial charge in [0.1, 0.15) is 9.64 Å². The van der Waals surface area contributed by atoms with Crippen LogP contribution < -0.4 is 0 Å². The number of halogens is 1. The third-order valence-electron chi connectivity index (χ3n) is 2.02. The largest absolute Gasteiger partial charge is 0.480 e. The number of benzene rings is 1. The van der Waals surface area contributed by atoms with Crippen LogP contribution in [0.3, 0.4) is 0 Å². The summed E-state index contributed by atoms with van der Waals surface area (Å²) >= 11 is 6.73. The van der Waals surface area contributed by atoms with Crippen molar-refractivity contribution in [2.45, 2.75) is 23.5 Å². The van der Waals surface area contributed by atoms with Crippen LogP contribution >= 0.6 is 23.4 Å². The van der Waals surface area contributed by atoms with Crippen LogP contribution in [0.15, 0.2) is 23.1 Å². The first-order valence-electron chi connectivity index (χ1n) is 4.61. The minimum absolute atomic E-state index is 0.173. The first-order valence-corrected chi connectivity index (χ1v) is 5.80. The Morgan fingerprint density at radius 3 is 2.59 bits per heavy atom. The fourth-order valence-corrected chi connectivity index (χ4v) is 2.34. The smallest absolute Gasteiger partial charge is 0.319 e. The van der Waals surface area contributed by atoms with Gasteiger partial charge in [-0.15, -0.1) is 0 Å². The number of thioether (sulfide) groups is 1. The van der Waals surface area contributed by atoms with Crippen molar-refractivity contribution in [3.05, 3.63) is 33.3 Å². The zero-order valence-electron chi connectivity index (χ0n) is 9.14. The molecule has 0 atom stereocenters. The van der Waals surface area contributed by atoms with Gasteiger partial charge in [0.25, 0.3) is 5.69 Å². The van der Waals surface area contributed by atoms with E-state index in [4.69, 9.17) is 16.7 Å². The average molecular weight is 276 g/mol. The van der Waals surface area contributed by atoms with Crippen LogP contribution in [0.1, 0.15) is 13.8 Å². The highest BCUT2D eigenvalue weighted by molar-refractivity contribution is 8.01. The van der Waals surface area contributed by atoms with Crippen molar-refractivity contribution in [2.24, 2.45) is 0 Å². The summed E-state index contributed by atoms with van der Waals surface area (Å²) in [5.41, 5.74) is -0.183. The topological polar surface area (TPSA) is 80.4 Å². The van der Waals surface area contributed by atoms with Crippen molar-refractivity contribution in [1.29, 1.82) is 0 Å². The summed E-state index contributed by atoms with van der Waals surface area (Å²) in [6, 6.07) is 4.25. The minimum Gasteiger partial charge on any atom is -0.480 e. The molecule has 17 heavy (non-hydrogen) atoms. The molecule has 0 spiro atoms. The molecule has 0 radical (unpaired) electrons. The van der Waals surface area contributed by atoms with Gasteiger partial charge in [-0.3, -0.25) is 14.9 Å². The highest BCUT2D eigenvalue weighted by Crippen LogP contribution is 2.42. The van der Waals surface area contributed by atoms with E-state index in [2.05, 4.69) is 0 Å². The van der Waals surface area contributed by atoms with Gasteiger partial charge in [-0.1, -0.05) is 29.4 Å². The van der Waals surface area contributed by atoms with Gasteiger partial charge < -0.3 is 5.11 Å². The summed E-state index contributed by atoms with van der Waals surface area (Å²) in [4.78, 5) is 21.4. The molecule has 0 aliphatic heterocycles. The van der Waals surface area contributed by atoms with Crippen molar-refractivity contribution < 1.29 is 14.8 Å². The van der Waals surface area contributed by atoms with Crippen molar-refractivity contribution in [3.8, 4) is 0 Å². The van der Waals surface area contributed by atoms with Crippen molar-refractivity contribution in [2.75, 3.05) is 0 Å². The van der Waals surface area contributed by atoms with Gasteiger partial charge in [-0.05, 0) is 19.9 Å². The van der Waals surface area contributed by atoms with E-state index >= 15 is 0 Å². The predicted octanol–water partition coefficient (Wildman–Crippen LogP) is 3.20. The molecule has 0 aliphatic carbocycles. The Morgan fingerprint density at radius 1 is 1.53 bits per heavy atom. The maximum Gasteiger partial charge on any atom is 0.319 e. The zero-order valence-corrected chi connectivity index (χ0v) is 10.7. The molecule has 0 aliphatic rings. The van der Waals surface area contributed by atoms with E-state index in [0.29, 0.717) is 0 Å². The summed E-state index contributed by atoms with van der Waals surface area (Å²) in [6.45, 7) is 2.93. The van der Waals surface area contributed by atoms with Crippen molar-refractivity contribution >= 4 is 35.0 Å². The summed E-state index contributed by atoms with van der Waals surface area (Å²) in [5.74, 6) is -1.06. The number of carbonyl (C=O) groups is 1. The van der Waals surface area contributed by atoms with Gasteiger partial charge in [-0.25, -0.2) is 0 Å². The van der Waals surface area contributed by atoms with E-state index in [9.17, 15) is 14.9 Å². The highest BCUT2D eigenvalue weighted by atomic mass is 35.5. The number of hydrogen-bond acceptors (Lipinski definition) is 4. The third kappa shape index (κ3) is 3.10. The molecule has 0 aromatic heterocycles. The Bertz CT molecular complexity index is 475. The van der Waals surface area contributed by atoms with Gasteiger partial charge in [0.15, 0.2) is 0 Å². The minimum atomic E-state index is -1.18. The van der Waals surface area contributed by atoms with Crippen LogP contribution in [0, 0.1) is 10.1 Å². The van der Waals surface area contributed by atoms with Gasteiger partial charge in [0.05, 0.1) is 9.95 Å². The Kier molecular flexibility index (Phi) is 4.00. The molecule has 0 heterocycles. The first-order chi connectivity index (χ1) is 7.75. The number of nitro benzene ring substituents is 1. The second kappa shape index (κ2) is 4.93.